The van der Waals surface area contributed by atoms with E-state index in [0.29, 0.717) is 17.9 Å². The summed E-state index contributed by atoms with van der Waals surface area (Å²) in [6.45, 7) is 1.54. The van der Waals surface area contributed by atoms with Gasteiger partial charge in [0.2, 0.25) is 0 Å². The van der Waals surface area contributed by atoms with Crippen LogP contribution in [0.5, 0.6) is 0 Å². The fraction of sp³-hybridized carbons (Fsp3) is 0.286. The summed E-state index contributed by atoms with van der Waals surface area (Å²) in [5.74, 6) is -0.742. The van der Waals surface area contributed by atoms with E-state index in [1.807, 2.05) is 49.4 Å². The quantitative estimate of drug-likeness (QED) is 0.541. The number of nitrogens with zero attached hydrogens (tertiary/aromatic N) is 1. The van der Waals surface area contributed by atoms with Crippen LogP contribution in [0.4, 0.5) is 0 Å². The predicted octanol–water partition coefficient (Wildman–Crippen LogP) is 4.69. The summed E-state index contributed by atoms with van der Waals surface area (Å²) < 4.78 is 6.21. The van der Waals surface area contributed by atoms with Crippen molar-refractivity contribution in [2.24, 2.45) is 0 Å². The van der Waals surface area contributed by atoms with Crippen molar-refractivity contribution in [3.8, 4) is 0 Å². The van der Waals surface area contributed by atoms with E-state index < -0.39 is 0 Å². The number of rotatable bonds is 8. The Morgan fingerprint density at radius 2 is 1.93 bits per heavy atom. The average molecular weight is 417 g/mol. The number of carbonyl (C=O) groups excluding carboxylic acids is 2. The molecule has 0 aliphatic rings. The van der Waals surface area contributed by atoms with Crippen molar-refractivity contribution in [3.05, 3.63) is 64.1 Å². The maximum absolute atomic E-state index is 12.0. The SMILES string of the molecule is C[C@@H](NC(=O)COC(=O)CCCc1nc2ccccc2s1)c1ccccc1Cl. The first-order valence-electron chi connectivity index (χ1n) is 9.07. The minimum Gasteiger partial charge on any atom is -0.456 e. The summed E-state index contributed by atoms with van der Waals surface area (Å²) in [7, 11) is 0. The van der Waals surface area contributed by atoms with E-state index in [9.17, 15) is 9.59 Å². The second-order valence-electron chi connectivity index (χ2n) is 6.40. The molecule has 0 radical (unpaired) electrons. The number of thiazole rings is 1. The number of benzene rings is 2. The van der Waals surface area contributed by atoms with Crippen LogP contribution >= 0.6 is 22.9 Å². The lowest BCUT2D eigenvalue weighted by Crippen LogP contribution is -2.31. The zero-order chi connectivity index (χ0) is 19.9. The van der Waals surface area contributed by atoms with Gasteiger partial charge in [0.25, 0.3) is 5.91 Å². The number of esters is 1. The molecule has 0 fully saturated rings. The molecule has 1 amide bonds. The van der Waals surface area contributed by atoms with E-state index in [-0.39, 0.29) is 30.9 Å². The lowest BCUT2D eigenvalue weighted by Gasteiger charge is -2.15. The third-order valence-corrected chi connectivity index (χ3v) is 5.66. The second kappa shape index (κ2) is 9.66. The zero-order valence-electron chi connectivity index (χ0n) is 15.5. The molecule has 0 saturated carbocycles. The van der Waals surface area contributed by atoms with Gasteiger partial charge in [0, 0.05) is 11.4 Å². The number of ether oxygens (including phenoxy) is 1. The molecule has 28 heavy (non-hydrogen) atoms. The first-order valence-corrected chi connectivity index (χ1v) is 10.3. The third kappa shape index (κ3) is 5.53. The molecular weight excluding hydrogens is 396 g/mol. The first kappa shape index (κ1) is 20.3. The van der Waals surface area contributed by atoms with Crippen molar-refractivity contribution < 1.29 is 14.3 Å². The van der Waals surface area contributed by atoms with Gasteiger partial charge in [0.15, 0.2) is 6.61 Å². The minimum absolute atomic E-state index is 0.253. The number of aromatic nitrogens is 1. The molecule has 2 aromatic carbocycles. The summed E-state index contributed by atoms with van der Waals surface area (Å²) in [6.07, 6.45) is 1.60. The van der Waals surface area contributed by atoms with Gasteiger partial charge in [-0.3, -0.25) is 9.59 Å². The highest BCUT2D eigenvalue weighted by molar-refractivity contribution is 7.18. The van der Waals surface area contributed by atoms with Gasteiger partial charge in [-0.1, -0.05) is 41.9 Å². The van der Waals surface area contributed by atoms with Gasteiger partial charge in [0.1, 0.15) is 0 Å². The molecule has 1 atom stereocenters. The van der Waals surface area contributed by atoms with Crippen molar-refractivity contribution in [1.82, 2.24) is 10.3 Å². The van der Waals surface area contributed by atoms with E-state index in [4.69, 9.17) is 16.3 Å². The van der Waals surface area contributed by atoms with E-state index in [0.717, 1.165) is 20.8 Å². The number of nitrogens with one attached hydrogen (secondary N) is 1. The summed E-state index contributed by atoms with van der Waals surface area (Å²) in [5.41, 5.74) is 1.80. The van der Waals surface area contributed by atoms with Gasteiger partial charge in [-0.2, -0.15) is 0 Å². The molecule has 1 heterocycles. The molecule has 0 spiro atoms. The van der Waals surface area contributed by atoms with Gasteiger partial charge in [-0.15, -0.1) is 11.3 Å². The van der Waals surface area contributed by atoms with Gasteiger partial charge in [-0.05, 0) is 43.5 Å². The fourth-order valence-electron chi connectivity index (χ4n) is 2.82. The molecule has 0 bridgehead atoms. The second-order valence-corrected chi connectivity index (χ2v) is 7.92. The van der Waals surface area contributed by atoms with Crippen LogP contribution in [-0.4, -0.2) is 23.5 Å². The summed E-state index contributed by atoms with van der Waals surface area (Å²) >= 11 is 7.76. The molecule has 0 aliphatic heterocycles. The van der Waals surface area contributed by atoms with Crippen molar-refractivity contribution in [2.75, 3.05) is 6.61 Å². The monoisotopic (exact) mass is 416 g/mol. The number of fused-ring (bicyclic) bond motifs is 1. The molecule has 3 rings (SSSR count). The number of amides is 1. The predicted molar refractivity (Wildman–Crippen MR) is 112 cm³/mol. The normalized spacial score (nSPS) is 11.9. The van der Waals surface area contributed by atoms with Crippen LogP contribution in [-0.2, 0) is 20.7 Å². The molecule has 7 heteroatoms. The van der Waals surface area contributed by atoms with E-state index in [1.54, 1.807) is 17.4 Å². The molecule has 3 aromatic rings. The lowest BCUT2D eigenvalue weighted by atomic mass is 10.1. The van der Waals surface area contributed by atoms with Gasteiger partial charge >= 0.3 is 5.97 Å². The maximum atomic E-state index is 12.0. The van der Waals surface area contributed by atoms with Crippen LogP contribution < -0.4 is 5.32 Å². The molecule has 1 N–H and O–H groups in total. The van der Waals surface area contributed by atoms with Crippen LogP contribution in [0.3, 0.4) is 0 Å². The highest BCUT2D eigenvalue weighted by Crippen LogP contribution is 2.23. The largest absolute Gasteiger partial charge is 0.456 e. The lowest BCUT2D eigenvalue weighted by molar-refractivity contribution is -0.148. The number of halogens is 1. The average Bonchev–Trinajstić information content (AvgIpc) is 3.09. The Morgan fingerprint density at radius 1 is 1.18 bits per heavy atom. The van der Waals surface area contributed by atoms with Crippen molar-refractivity contribution in [2.45, 2.75) is 32.2 Å². The Labute approximate surface area is 172 Å². The number of para-hydroxylation sites is 1. The number of carbonyl (C=O) groups is 2. The van der Waals surface area contributed by atoms with Crippen LogP contribution in [0.2, 0.25) is 5.02 Å². The Bertz CT molecular complexity index is 940. The standard InChI is InChI=1S/C21H21ClN2O3S/c1-14(15-7-2-3-8-16(15)22)23-19(25)13-27-21(26)12-6-11-20-24-17-9-4-5-10-18(17)28-20/h2-5,7-10,14H,6,11-13H2,1H3,(H,23,25)/t14-/m1/s1. The van der Waals surface area contributed by atoms with E-state index >= 15 is 0 Å². The highest BCUT2D eigenvalue weighted by atomic mass is 35.5. The number of hydrogen-bond acceptors (Lipinski definition) is 5. The van der Waals surface area contributed by atoms with Crippen molar-refractivity contribution >= 4 is 45.0 Å². The third-order valence-electron chi connectivity index (χ3n) is 4.22. The van der Waals surface area contributed by atoms with Crippen LogP contribution in [0.15, 0.2) is 48.5 Å². The molecular formula is C21H21ClN2O3S. The topological polar surface area (TPSA) is 68.3 Å². The zero-order valence-corrected chi connectivity index (χ0v) is 17.1. The molecule has 0 aliphatic carbocycles. The Morgan fingerprint density at radius 3 is 2.71 bits per heavy atom. The van der Waals surface area contributed by atoms with Gasteiger partial charge in [0.05, 0.1) is 21.3 Å². The van der Waals surface area contributed by atoms with Gasteiger partial charge in [-0.25, -0.2) is 4.98 Å². The summed E-state index contributed by atoms with van der Waals surface area (Å²) in [6, 6.07) is 15.0. The smallest absolute Gasteiger partial charge is 0.306 e. The Balaban J connectivity index is 1.37. The van der Waals surface area contributed by atoms with Crippen LogP contribution in [0, 0.1) is 0 Å². The molecule has 0 unspecified atom stereocenters. The van der Waals surface area contributed by atoms with E-state index in [2.05, 4.69) is 10.3 Å². The van der Waals surface area contributed by atoms with Crippen molar-refractivity contribution in [1.29, 1.82) is 0 Å². The van der Waals surface area contributed by atoms with Crippen molar-refractivity contribution in [3.63, 3.8) is 0 Å². The molecule has 1 aromatic heterocycles. The maximum Gasteiger partial charge on any atom is 0.306 e. The molecule has 5 nitrogen and oxygen atoms in total. The summed E-state index contributed by atoms with van der Waals surface area (Å²) in [4.78, 5) is 28.4. The first-order chi connectivity index (χ1) is 13.5. The van der Waals surface area contributed by atoms with Crippen LogP contribution in [0.1, 0.15) is 36.4 Å². The van der Waals surface area contributed by atoms with Crippen LogP contribution in [0.25, 0.3) is 10.2 Å². The minimum atomic E-state index is -0.387. The Kier molecular flexibility index (Phi) is 7.01. The number of hydrogen-bond donors (Lipinski definition) is 1. The number of aryl methyl sites for hydroxylation is 1. The summed E-state index contributed by atoms with van der Waals surface area (Å²) in [5, 5.41) is 4.37. The highest BCUT2D eigenvalue weighted by Gasteiger charge is 2.14. The fourth-order valence-corrected chi connectivity index (χ4v) is 4.12. The molecule has 0 saturated heterocycles. The van der Waals surface area contributed by atoms with Gasteiger partial charge < -0.3 is 10.1 Å². The molecule has 146 valence electrons. The Hall–Kier alpha value is -2.44. The van der Waals surface area contributed by atoms with E-state index in [1.165, 1.54) is 0 Å².